The van der Waals surface area contributed by atoms with Gasteiger partial charge < -0.3 is 20.3 Å². The average molecular weight is 430 g/mol. The lowest BCUT2D eigenvalue weighted by Crippen LogP contribution is -2.49. The van der Waals surface area contributed by atoms with Crippen LogP contribution in [0.25, 0.3) is 0 Å². The van der Waals surface area contributed by atoms with Crippen LogP contribution in [-0.2, 0) is 16.1 Å². The Labute approximate surface area is 187 Å². The minimum atomic E-state index is 0.0132. The monoisotopic (exact) mass is 429 g/mol. The predicted octanol–water partition coefficient (Wildman–Crippen LogP) is 2.09. The van der Waals surface area contributed by atoms with Crippen molar-refractivity contribution in [2.24, 2.45) is 10.4 Å². The van der Waals surface area contributed by atoms with E-state index in [4.69, 9.17) is 4.74 Å². The van der Waals surface area contributed by atoms with Gasteiger partial charge in [0, 0.05) is 60.0 Å². The summed E-state index contributed by atoms with van der Waals surface area (Å²) in [5.74, 6) is 0.777. The van der Waals surface area contributed by atoms with Crippen molar-refractivity contribution >= 4 is 11.9 Å². The summed E-state index contributed by atoms with van der Waals surface area (Å²) in [4.78, 5) is 20.7. The third-order valence-corrected chi connectivity index (χ3v) is 6.47. The van der Waals surface area contributed by atoms with E-state index in [2.05, 4.69) is 50.9 Å². The molecule has 1 aliphatic carbocycles. The Hall–Kier alpha value is -2.12. The summed E-state index contributed by atoms with van der Waals surface area (Å²) < 4.78 is 5.28. The summed E-state index contributed by atoms with van der Waals surface area (Å²) in [5.41, 5.74) is 1.69. The number of methoxy groups -OCH3 is 1. The van der Waals surface area contributed by atoms with Gasteiger partial charge in [0.2, 0.25) is 5.91 Å². The molecule has 0 radical (unpaired) electrons. The maximum Gasteiger partial charge on any atom is 0.243 e. The van der Waals surface area contributed by atoms with E-state index in [1.54, 1.807) is 26.1 Å². The number of carbonyl (C=O) groups excluding carboxylic acids is 1. The first-order valence-corrected chi connectivity index (χ1v) is 11.5. The summed E-state index contributed by atoms with van der Waals surface area (Å²) >= 11 is 0. The SMILES string of the molecule is COCCC1(CNC(=NCC(=O)N(C)C)NC2CCN(Cc3ccccc3)CC2)CC1. The van der Waals surface area contributed by atoms with E-state index in [9.17, 15) is 4.79 Å². The second-order valence-electron chi connectivity index (χ2n) is 9.23. The van der Waals surface area contributed by atoms with E-state index < -0.39 is 0 Å². The van der Waals surface area contributed by atoms with Crippen molar-refractivity contribution in [1.29, 1.82) is 0 Å². The number of nitrogens with one attached hydrogen (secondary N) is 2. The molecule has 0 unspecified atom stereocenters. The number of hydrogen-bond donors (Lipinski definition) is 2. The molecule has 2 aliphatic rings. The molecule has 31 heavy (non-hydrogen) atoms. The molecule has 1 aliphatic heterocycles. The second-order valence-corrected chi connectivity index (χ2v) is 9.23. The van der Waals surface area contributed by atoms with E-state index in [1.807, 2.05) is 0 Å². The third-order valence-electron chi connectivity index (χ3n) is 6.47. The summed E-state index contributed by atoms with van der Waals surface area (Å²) in [5, 5.41) is 7.12. The normalized spacial score (nSPS) is 19.1. The smallest absolute Gasteiger partial charge is 0.243 e. The molecular weight excluding hydrogens is 390 g/mol. The van der Waals surface area contributed by atoms with Gasteiger partial charge in [-0.15, -0.1) is 0 Å². The highest BCUT2D eigenvalue weighted by atomic mass is 16.5. The number of amides is 1. The molecule has 1 saturated carbocycles. The van der Waals surface area contributed by atoms with Crippen LogP contribution in [0.3, 0.4) is 0 Å². The molecule has 3 rings (SSSR count). The Morgan fingerprint density at radius 3 is 2.55 bits per heavy atom. The van der Waals surface area contributed by atoms with E-state index in [0.29, 0.717) is 11.5 Å². The largest absolute Gasteiger partial charge is 0.385 e. The fraction of sp³-hybridized carbons (Fsp3) is 0.667. The molecule has 0 atom stereocenters. The van der Waals surface area contributed by atoms with Gasteiger partial charge >= 0.3 is 0 Å². The molecule has 1 heterocycles. The number of nitrogens with zero attached hydrogens (tertiary/aromatic N) is 3. The lowest BCUT2D eigenvalue weighted by molar-refractivity contribution is -0.127. The number of rotatable bonds is 10. The van der Waals surface area contributed by atoms with Crippen LogP contribution in [0.1, 0.15) is 37.7 Å². The first kappa shape index (κ1) is 23.5. The molecular formula is C24H39N5O2. The van der Waals surface area contributed by atoms with E-state index in [0.717, 1.165) is 58.0 Å². The van der Waals surface area contributed by atoms with Crippen LogP contribution in [0, 0.1) is 5.41 Å². The van der Waals surface area contributed by atoms with Crippen LogP contribution in [0.2, 0.25) is 0 Å². The van der Waals surface area contributed by atoms with E-state index in [-0.39, 0.29) is 12.5 Å². The zero-order valence-corrected chi connectivity index (χ0v) is 19.4. The van der Waals surface area contributed by atoms with Gasteiger partial charge in [-0.2, -0.15) is 0 Å². The van der Waals surface area contributed by atoms with Gasteiger partial charge in [-0.1, -0.05) is 30.3 Å². The van der Waals surface area contributed by atoms with Gasteiger partial charge in [-0.05, 0) is 43.1 Å². The van der Waals surface area contributed by atoms with Crippen molar-refractivity contribution < 1.29 is 9.53 Å². The standard InChI is InChI=1S/C24H39N5O2/c1-28(2)22(30)17-25-23(26-19-24(11-12-24)13-16-31-3)27-21-9-14-29(15-10-21)18-20-7-5-4-6-8-20/h4-8,21H,9-19H2,1-3H3,(H2,25,26,27). The lowest BCUT2D eigenvalue weighted by atomic mass is 10.0. The first-order valence-electron chi connectivity index (χ1n) is 11.5. The predicted molar refractivity (Wildman–Crippen MR) is 125 cm³/mol. The maximum atomic E-state index is 12.1. The van der Waals surface area contributed by atoms with Gasteiger partial charge in [-0.25, -0.2) is 4.99 Å². The van der Waals surface area contributed by atoms with Crippen LogP contribution < -0.4 is 10.6 Å². The Morgan fingerprint density at radius 2 is 1.94 bits per heavy atom. The number of ether oxygens (including phenoxy) is 1. The summed E-state index contributed by atoms with van der Waals surface area (Å²) in [6.45, 7) is 4.97. The van der Waals surface area contributed by atoms with Gasteiger partial charge in [0.25, 0.3) is 0 Å². The zero-order chi connectivity index (χ0) is 22.1. The molecule has 7 nitrogen and oxygen atoms in total. The lowest BCUT2D eigenvalue weighted by Gasteiger charge is -2.33. The highest BCUT2D eigenvalue weighted by Gasteiger charge is 2.42. The third kappa shape index (κ3) is 7.82. The second kappa shape index (κ2) is 11.5. The Balaban J connectivity index is 1.50. The van der Waals surface area contributed by atoms with E-state index in [1.165, 1.54) is 18.4 Å². The summed E-state index contributed by atoms with van der Waals surface area (Å²) in [6, 6.07) is 11.0. The van der Waals surface area contributed by atoms with Crippen LogP contribution in [-0.4, -0.2) is 81.7 Å². The molecule has 0 spiro atoms. The molecule has 2 N–H and O–H groups in total. The number of benzene rings is 1. The molecule has 1 aromatic rings. The fourth-order valence-electron chi connectivity index (χ4n) is 3.99. The number of likely N-dealkylation sites (N-methyl/N-ethyl adjacent to an activating group) is 1. The zero-order valence-electron chi connectivity index (χ0n) is 19.4. The van der Waals surface area contributed by atoms with E-state index >= 15 is 0 Å². The number of aliphatic imine (C=N–C) groups is 1. The molecule has 2 fully saturated rings. The van der Waals surface area contributed by atoms with Crippen molar-refractivity contribution in [3.63, 3.8) is 0 Å². The molecule has 0 aromatic heterocycles. The molecule has 172 valence electrons. The molecule has 7 heteroatoms. The van der Waals surface area contributed by atoms with Gasteiger partial charge in [0.1, 0.15) is 6.54 Å². The maximum absolute atomic E-state index is 12.1. The van der Waals surface area contributed by atoms with Crippen LogP contribution in [0.4, 0.5) is 0 Å². The highest BCUT2D eigenvalue weighted by Crippen LogP contribution is 2.48. The minimum Gasteiger partial charge on any atom is -0.385 e. The van der Waals surface area contributed by atoms with Crippen molar-refractivity contribution in [3.05, 3.63) is 35.9 Å². The highest BCUT2D eigenvalue weighted by molar-refractivity contribution is 5.85. The van der Waals surface area contributed by atoms with Gasteiger partial charge in [0.05, 0.1) is 0 Å². The summed E-state index contributed by atoms with van der Waals surface area (Å²) in [6.07, 6.45) is 5.67. The van der Waals surface area contributed by atoms with Crippen LogP contribution in [0.15, 0.2) is 35.3 Å². The topological polar surface area (TPSA) is 69.2 Å². The Kier molecular flexibility index (Phi) is 8.72. The molecule has 1 saturated heterocycles. The first-order chi connectivity index (χ1) is 15.0. The molecule has 0 bridgehead atoms. The fourth-order valence-corrected chi connectivity index (χ4v) is 3.99. The number of guanidine groups is 1. The number of hydrogen-bond acceptors (Lipinski definition) is 4. The average Bonchev–Trinajstić information content (AvgIpc) is 3.56. The van der Waals surface area contributed by atoms with Gasteiger partial charge in [0.15, 0.2) is 5.96 Å². The Morgan fingerprint density at radius 1 is 1.23 bits per heavy atom. The van der Waals surface area contributed by atoms with Crippen molar-refractivity contribution in [3.8, 4) is 0 Å². The van der Waals surface area contributed by atoms with Crippen molar-refractivity contribution in [2.75, 3.05) is 54.0 Å². The van der Waals surface area contributed by atoms with Crippen molar-refractivity contribution in [2.45, 2.75) is 44.7 Å². The summed E-state index contributed by atoms with van der Waals surface area (Å²) in [7, 11) is 5.30. The number of piperidine rings is 1. The quantitative estimate of drug-likeness (QED) is 0.440. The minimum absolute atomic E-state index is 0.0132. The van der Waals surface area contributed by atoms with Crippen LogP contribution >= 0.6 is 0 Å². The van der Waals surface area contributed by atoms with Crippen LogP contribution in [0.5, 0.6) is 0 Å². The number of likely N-dealkylation sites (tertiary alicyclic amines) is 1. The van der Waals surface area contributed by atoms with Gasteiger partial charge in [-0.3, -0.25) is 9.69 Å². The Bertz CT molecular complexity index is 710. The van der Waals surface area contributed by atoms with Crippen molar-refractivity contribution in [1.82, 2.24) is 20.4 Å². The molecule has 1 amide bonds. The molecule has 1 aromatic carbocycles. The number of carbonyl (C=O) groups is 1.